The molecule has 6 nitrogen and oxygen atoms in total. The maximum Gasteiger partial charge on any atom is 0.324 e. The Kier molecular flexibility index (Phi) is 4.89. The lowest BCUT2D eigenvalue weighted by molar-refractivity contribution is -0.380. The molecule has 0 radical (unpaired) electrons. The van der Waals surface area contributed by atoms with Gasteiger partial charge in [0.1, 0.15) is 0 Å². The Hall–Kier alpha value is -2.41. The third-order valence-corrected chi connectivity index (χ3v) is 3.82. The van der Waals surface area contributed by atoms with Crippen molar-refractivity contribution in [1.82, 2.24) is 0 Å². The zero-order valence-electron chi connectivity index (χ0n) is 11.5. The molecule has 1 amide bonds. The van der Waals surface area contributed by atoms with Gasteiger partial charge < -0.3 is 10.6 Å². The van der Waals surface area contributed by atoms with Crippen LogP contribution in [0.25, 0.3) is 0 Å². The van der Waals surface area contributed by atoms with E-state index in [9.17, 15) is 14.9 Å². The van der Waals surface area contributed by atoms with Crippen LogP contribution in [0.2, 0.25) is 0 Å². The number of nitro groups is 1. The second-order valence-corrected chi connectivity index (χ2v) is 5.48. The summed E-state index contributed by atoms with van der Waals surface area (Å²) >= 11 is 1.16. The third-order valence-electron chi connectivity index (χ3n) is 2.78. The molecule has 21 heavy (non-hydrogen) atoms. The van der Waals surface area contributed by atoms with Gasteiger partial charge in [-0.25, -0.2) is 0 Å². The summed E-state index contributed by atoms with van der Waals surface area (Å²) in [6.07, 6.45) is 0.442. The van der Waals surface area contributed by atoms with Crippen LogP contribution in [0.5, 0.6) is 0 Å². The Morgan fingerprint density at radius 3 is 2.43 bits per heavy atom. The summed E-state index contributed by atoms with van der Waals surface area (Å²) in [5.41, 5.74) is 1.64. The quantitative estimate of drug-likeness (QED) is 0.630. The minimum absolute atomic E-state index is 0.0263. The second-order valence-electron chi connectivity index (χ2n) is 4.33. The fourth-order valence-electron chi connectivity index (χ4n) is 1.67. The molecule has 2 rings (SSSR count). The monoisotopic (exact) mass is 305 g/mol. The first kappa shape index (κ1) is 15.0. The van der Waals surface area contributed by atoms with Gasteiger partial charge in [0, 0.05) is 35.3 Å². The average Bonchev–Trinajstić information content (AvgIpc) is 2.95. The van der Waals surface area contributed by atoms with E-state index in [1.54, 1.807) is 13.0 Å². The van der Waals surface area contributed by atoms with Crippen LogP contribution in [-0.2, 0) is 11.3 Å². The molecule has 2 aromatic rings. The van der Waals surface area contributed by atoms with E-state index >= 15 is 0 Å². The average molecular weight is 305 g/mol. The molecule has 7 heteroatoms. The molecule has 0 unspecified atom stereocenters. The Bertz CT molecular complexity index is 637. The van der Waals surface area contributed by atoms with Crippen molar-refractivity contribution in [2.75, 3.05) is 10.6 Å². The van der Waals surface area contributed by atoms with E-state index in [4.69, 9.17) is 0 Å². The van der Waals surface area contributed by atoms with E-state index in [-0.39, 0.29) is 15.8 Å². The van der Waals surface area contributed by atoms with Crippen LogP contribution in [0.15, 0.2) is 36.4 Å². The summed E-state index contributed by atoms with van der Waals surface area (Å²) < 4.78 is 0. The summed E-state index contributed by atoms with van der Waals surface area (Å²) in [6, 6.07) is 10.6. The SMILES string of the molecule is CCC(=O)Nc1ccc(NCc2ccc([N+](=O)[O-])s2)cc1. The summed E-state index contributed by atoms with van der Waals surface area (Å²) in [7, 11) is 0. The van der Waals surface area contributed by atoms with Crippen LogP contribution in [-0.4, -0.2) is 10.8 Å². The number of nitrogens with zero attached hydrogens (tertiary/aromatic N) is 1. The predicted molar refractivity (Wildman–Crippen MR) is 83.7 cm³/mol. The molecular formula is C14H15N3O3S. The minimum Gasteiger partial charge on any atom is -0.380 e. The van der Waals surface area contributed by atoms with Gasteiger partial charge in [-0.15, -0.1) is 0 Å². The molecule has 1 aromatic carbocycles. The summed E-state index contributed by atoms with van der Waals surface area (Å²) in [4.78, 5) is 22.4. The van der Waals surface area contributed by atoms with Crippen molar-refractivity contribution in [1.29, 1.82) is 0 Å². The minimum atomic E-state index is -0.390. The fraction of sp³-hybridized carbons (Fsp3) is 0.214. The molecule has 0 fully saturated rings. The molecule has 1 heterocycles. The molecule has 0 aliphatic rings. The van der Waals surface area contributed by atoms with Crippen LogP contribution in [0.4, 0.5) is 16.4 Å². The molecule has 0 spiro atoms. The van der Waals surface area contributed by atoms with Gasteiger partial charge in [0.25, 0.3) is 0 Å². The lowest BCUT2D eigenvalue weighted by Gasteiger charge is -2.07. The topological polar surface area (TPSA) is 84.3 Å². The van der Waals surface area contributed by atoms with E-state index in [2.05, 4.69) is 10.6 Å². The van der Waals surface area contributed by atoms with E-state index in [1.807, 2.05) is 24.3 Å². The van der Waals surface area contributed by atoms with Gasteiger partial charge in [-0.05, 0) is 30.3 Å². The highest BCUT2D eigenvalue weighted by molar-refractivity contribution is 7.15. The zero-order valence-corrected chi connectivity index (χ0v) is 12.3. The van der Waals surface area contributed by atoms with Gasteiger partial charge >= 0.3 is 5.00 Å². The van der Waals surface area contributed by atoms with Crippen molar-refractivity contribution in [3.8, 4) is 0 Å². The number of carbonyl (C=O) groups excluding carboxylic acids is 1. The van der Waals surface area contributed by atoms with E-state index in [0.29, 0.717) is 13.0 Å². The van der Waals surface area contributed by atoms with Crippen LogP contribution in [0.3, 0.4) is 0 Å². The highest BCUT2D eigenvalue weighted by Crippen LogP contribution is 2.24. The Morgan fingerprint density at radius 2 is 1.86 bits per heavy atom. The zero-order chi connectivity index (χ0) is 15.2. The molecule has 1 aromatic heterocycles. The first-order chi connectivity index (χ1) is 10.1. The van der Waals surface area contributed by atoms with Gasteiger partial charge in [-0.1, -0.05) is 18.3 Å². The lowest BCUT2D eigenvalue weighted by atomic mass is 10.2. The molecule has 110 valence electrons. The highest BCUT2D eigenvalue weighted by Gasteiger charge is 2.09. The summed E-state index contributed by atoms with van der Waals surface area (Å²) in [6.45, 7) is 2.32. The van der Waals surface area contributed by atoms with Crippen molar-refractivity contribution in [2.24, 2.45) is 0 Å². The lowest BCUT2D eigenvalue weighted by Crippen LogP contribution is -2.09. The molecule has 0 saturated heterocycles. The normalized spacial score (nSPS) is 10.1. The maximum atomic E-state index is 11.3. The van der Waals surface area contributed by atoms with Crippen LogP contribution >= 0.6 is 11.3 Å². The molecule has 2 N–H and O–H groups in total. The number of benzene rings is 1. The van der Waals surface area contributed by atoms with E-state index < -0.39 is 0 Å². The highest BCUT2D eigenvalue weighted by atomic mass is 32.1. The van der Waals surface area contributed by atoms with Gasteiger partial charge in [0.05, 0.1) is 4.92 Å². The Labute approximate surface area is 126 Å². The Morgan fingerprint density at radius 1 is 1.19 bits per heavy atom. The number of carbonyl (C=O) groups is 1. The van der Waals surface area contributed by atoms with Crippen molar-refractivity contribution in [3.63, 3.8) is 0 Å². The second kappa shape index (κ2) is 6.85. The largest absolute Gasteiger partial charge is 0.380 e. The van der Waals surface area contributed by atoms with E-state index in [0.717, 1.165) is 27.6 Å². The number of rotatable bonds is 6. The van der Waals surface area contributed by atoms with E-state index in [1.165, 1.54) is 6.07 Å². The third kappa shape index (κ3) is 4.28. The molecule has 0 saturated carbocycles. The molecule has 0 bridgehead atoms. The van der Waals surface area contributed by atoms with Gasteiger partial charge in [-0.2, -0.15) is 0 Å². The van der Waals surface area contributed by atoms with Crippen molar-refractivity contribution < 1.29 is 9.72 Å². The summed E-state index contributed by atoms with van der Waals surface area (Å²) in [5.74, 6) is -0.0263. The number of hydrogen-bond acceptors (Lipinski definition) is 5. The summed E-state index contributed by atoms with van der Waals surface area (Å²) in [5, 5.41) is 16.7. The van der Waals surface area contributed by atoms with Crippen molar-refractivity contribution in [3.05, 3.63) is 51.4 Å². The number of hydrogen-bond donors (Lipinski definition) is 2. The smallest absolute Gasteiger partial charge is 0.324 e. The Balaban J connectivity index is 1.91. The van der Waals surface area contributed by atoms with Gasteiger partial charge in [0.2, 0.25) is 5.91 Å². The first-order valence-electron chi connectivity index (χ1n) is 6.45. The molecule has 0 aliphatic carbocycles. The van der Waals surface area contributed by atoms with Crippen molar-refractivity contribution >= 4 is 33.6 Å². The number of thiophene rings is 1. The molecule has 0 aliphatic heterocycles. The predicted octanol–water partition coefficient (Wildman–Crippen LogP) is 3.62. The number of nitrogens with one attached hydrogen (secondary N) is 2. The van der Waals surface area contributed by atoms with Gasteiger partial charge in [0.15, 0.2) is 0 Å². The maximum absolute atomic E-state index is 11.3. The van der Waals surface area contributed by atoms with Crippen LogP contribution in [0.1, 0.15) is 18.2 Å². The number of anilines is 2. The number of amides is 1. The first-order valence-corrected chi connectivity index (χ1v) is 7.27. The molecular weight excluding hydrogens is 290 g/mol. The van der Waals surface area contributed by atoms with Crippen LogP contribution < -0.4 is 10.6 Å². The fourth-order valence-corrected chi connectivity index (χ4v) is 2.43. The van der Waals surface area contributed by atoms with Crippen LogP contribution in [0, 0.1) is 10.1 Å². The van der Waals surface area contributed by atoms with Gasteiger partial charge in [-0.3, -0.25) is 14.9 Å². The molecule has 0 atom stereocenters. The standard InChI is InChI=1S/C14H15N3O3S/c1-2-13(18)16-11-5-3-10(4-6-11)15-9-12-7-8-14(21-12)17(19)20/h3-8,15H,2,9H2,1H3,(H,16,18). The van der Waals surface area contributed by atoms with Crippen molar-refractivity contribution in [2.45, 2.75) is 19.9 Å².